The lowest BCUT2D eigenvalue weighted by atomic mass is 10.0. The Morgan fingerprint density at radius 3 is 2.74 bits per heavy atom. The molecule has 0 saturated carbocycles. The van der Waals surface area contributed by atoms with Gasteiger partial charge in [0.15, 0.2) is 11.6 Å². The van der Waals surface area contributed by atoms with Gasteiger partial charge in [-0.25, -0.2) is 17.8 Å². The fraction of sp³-hybridized carbons (Fsp3) is 0.167. The Kier molecular flexibility index (Phi) is 4.68. The molecule has 0 atom stereocenters. The molecule has 0 aliphatic carbocycles. The highest BCUT2D eigenvalue weighted by molar-refractivity contribution is 7.93. The number of anilines is 1. The molecule has 138 valence electrons. The van der Waals surface area contributed by atoms with Crippen molar-refractivity contribution >= 4 is 32.5 Å². The number of aromatic nitrogens is 2. The molecular formula is C18H15FN4O3S. The predicted octanol–water partition coefficient (Wildman–Crippen LogP) is 2.95. The maximum Gasteiger partial charge on any atom is 0.235 e. The largest absolute Gasteiger partial charge is 0.345 e. The van der Waals surface area contributed by atoms with E-state index in [0.29, 0.717) is 11.0 Å². The van der Waals surface area contributed by atoms with E-state index in [1.807, 2.05) is 6.07 Å². The molecular weight excluding hydrogens is 371 g/mol. The summed E-state index contributed by atoms with van der Waals surface area (Å²) in [5, 5.41) is 8.62. The third-order valence-corrected chi connectivity index (χ3v) is 5.77. The van der Waals surface area contributed by atoms with Gasteiger partial charge in [0.1, 0.15) is 11.7 Å². The number of halogens is 1. The van der Waals surface area contributed by atoms with Crippen molar-refractivity contribution in [1.29, 1.82) is 5.26 Å². The molecule has 3 aromatic rings. The van der Waals surface area contributed by atoms with E-state index in [1.54, 1.807) is 0 Å². The molecule has 0 aliphatic heterocycles. The molecule has 2 aromatic heterocycles. The predicted molar refractivity (Wildman–Crippen MR) is 98.3 cm³/mol. The number of sulfonamides is 1. The fourth-order valence-corrected chi connectivity index (χ4v) is 3.15. The number of carbonyl (C=O) groups excluding carboxylic acids is 1. The number of ketones is 1. The van der Waals surface area contributed by atoms with E-state index in [9.17, 15) is 17.6 Å². The Labute approximate surface area is 154 Å². The van der Waals surface area contributed by atoms with Crippen molar-refractivity contribution in [2.45, 2.75) is 19.1 Å². The standard InChI is InChI=1S/C18H15FN4O3S/c1-10(2)27(25,26)23-15-5-3-4-12(16(15)19)17(24)14-9-22-18-13(14)6-11(7-20)8-21-18/h3-6,8-10,23H,1-2H3,(H,21,22). The summed E-state index contributed by atoms with van der Waals surface area (Å²) in [5.74, 6) is -1.62. The van der Waals surface area contributed by atoms with Crippen molar-refractivity contribution in [3.8, 4) is 6.07 Å². The lowest BCUT2D eigenvalue weighted by Gasteiger charge is -2.13. The van der Waals surface area contributed by atoms with Crippen LogP contribution in [0.2, 0.25) is 0 Å². The Morgan fingerprint density at radius 2 is 2.07 bits per heavy atom. The number of benzene rings is 1. The molecule has 0 unspecified atom stereocenters. The lowest BCUT2D eigenvalue weighted by molar-refractivity contribution is 0.103. The van der Waals surface area contributed by atoms with Gasteiger partial charge < -0.3 is 4.98 Å². The van der Waals surface area contributed by atoms with Crippen LogP contribution in [0.1, 0.15) is 35.3 Å². The number of aromatic amines is 1. The zero-order valence-electron chi connectivity index (χ0n) is 14.4. The summed E-state index contributed by atoms with van der Waals surface area (Å²) in [6, 6.07) is 7.32. The van der Waals surface area contributed by atoms with Gasteiger partial charge in [-0.2, -0.15) is 5.26 Å². The van der Waals surface area contributed by atoms with Gasteiger partial charge in [-0.3, -0.25) is 9.52 Å². The molecule has 0 saturated heterocycles. The first-order chi connectivity index (χ1) is 12.7. The third-order valence-electron chi connectivity index (χ3n) is 4.02. The lowest BCUT2D eigenvalue weighted by Crippen LogP contribution is -2.23. The van der Waals surface area contributed by atoms with Crippen LogP contribution in [0.15, 0.2) is 36.7 Å². The molecule has 1 aromatic carbocycles. The maximum absolute atomic E-state index is 14.8. The highest BCUT2D eigenvalue weighted by atomic mass is 32.2. The minimum atomic E-state index is -3.77. The Morgan fingerprint density at radius 1 is 1.33 bits per heavy atom. The number of hydrogen-bond acceptors (Lipinski definition) is 5. The number of nitriles is 1. The Bertz CT molecular complexity index is 1190. The third kappa shape index (κ3) is 3.39. The smallest absolute Gasteiger partial charge is 0.235 e. The molecule has 3 rings (SSSR count). The molecule has 0 spiro atoms. The van der Waals surface area contributed by atoms with Crippen molar-refractivity contribution in [3.05, 3.63) is 59.2 Å². The minimum Gasteiger partial charge on any atom is -0.345 e. The van der Waals surface area contributed by atoms with Crippen LogP contribution < -0.4 is 4.72 Å². The second kappa shape index (κ2) is 6.81. The number of nitrogens with one attached hydrogen (secondary N) is 2. The molecule has 27 heavy (non-hydrogen) atoms. The zero-order chi connectivity index (χ0) is 19.8. The van der Waals surface area contributed by atoms with Gasteiger partial charge in [-0.1, -0.05) is 6.07 Å². The van der Waals surface area contributed by atoms with Gasteiger partial charge in [-0.15, -0.1) is 0 Å². The first kappa shape index (κ1) is 18.5. The number of fused-ring (bicyclic) bond motifs is 1. The van der Waals surface area contributed by atoms with E-state index in [0.717, 1.165) is 0 Å². The van der Waals surface area contributed by atoms with Crippen molar-refractivity contribution in [1.82, 2.24) is 9.97 Å². The molecule has 0 fully saturated rings. The quantitative estimate of drug-likeness (QED) is 0.654. The summed E-state index contributed by atoms with van der Waals surface area (Å²) in [5.41, 5.74) is 0.189. The summed E-state index contributed by atoms with van der Waals surface area (Å²) >= 11 is 0. The summed E-state index contributed by atoms with van der Waals surface area (Å²) in [6.07, 6.45) is 2.74. The van der Waals surface area contributed by atoms with Crippen LogP contribution in [0.3, 0.4) is 0 Å². The number of pyridine rings is 1. The number of H-pyrrole nitrogens is 1. The number of carbonyl (C=O) groups is 1. The molecule has 2 heterocycles. The average Bonchev–Trinajstić information content (AvgIpc) is 3.05. The molecule has 0 bridgehead atoms. The first-order valence-corrected chi connectivity index (χ1v) is 9.51. The van der Waals surface area contributed by atoms with E-state index in [1.165, 1.54) is 50.5 Å². The van der Waals surface area contributed by atoms with E-state index in [2.05, 4.69) is 14.7 Å². The maximum atomic E-state index is 14.8. The van der Waals surface area contributed by atoms with Gasteiger partial charge in [0.05, 0.1) is 22.1 Å². The molecule has 2 N–H and O–H groups in total. The van der Waals surface area contributed by atoms with Crippen molar-refractivity contribution in [3.63, 3.8) is 0 Å². The number of rotatable bonds is 5. The van der Waals surface area contributed by atoms with Crippen LogP contribution in [-0.4, -0.2) is 29.4 Å². The summed E-state index contributed by atoms with van der Waals surface area (Å²) in [4.78, 5) is 19.7. The molecule has 0 aliphatic rings. The minimum absolute atomic E-state index is 0.136. The van der Waals surface area contributed by atoms with Crippen LogP contribution in [0.25, 0.3) is 11.0 Å². The monoisotopic (exact) mass is 386 g/mol. The molecule has 7 nitrogen and oxygen atoms in total. The molecule has 0 amide bonds. The Balaban J connectivity index is 2.06. The zero-order valence-corrected chi connectivity index (χ0v) is 15.3. The van der Waals surface area contributed by atoms with Gasteiger partial charge in [0.2, 0.25) is 10.0 Å². The van der Waals surface area contributed by atoms with Crippen LogP contribution in [0, 0.1) is 17.1 Å². The van der Waals surface area contributed by atoms with Crippen LogP contribution in [-0.2, 0) is 10.0 Å². The van der Waals surface area contributed by atoms with E-state index < -0.39 is 26.9 Å². The van der Waals surface area contributed by atoms with E-state index in [4.69, 9.17) is 5.26 Å². The van der Waals surface area contributed by atoms with Crippen LogP contribution in [0.4, 0.5) is 10.1 Å². The molecule has 9 heteroatoms. The first-order valence-electron chi connectivity index (χ1n) is 7.96. The topological polar surface area (TPSA) is 116 Å². The van der Waals surface area contributed by atoms with Gasteiger partial charge in [0.25, 0.3) is 0 Å². The SMILES string of the molecule is CC(C)S(=O)(=O)Nc1cccc(C(=O)c2c[nH]c3ncc(C#N)cc23)c1F. The average molecular weight is 386 g/mol. The highest BCUT2D eigenvalue weighted by Crippen LogP contribution is 2.26. The van der Waals surface area contributed by atoms with Crippen LogP contribution >= 0.6 is 0 Å². The van der Waals surface area contributed by atoms with Crippen molar-refractivity contribution in [2.24, 2.45) is 0 Å². The highest BCUT2D eigenvalue weighted by Gasteiger charge is 2.23. The van der Waals surface area contributed by atoms with Gasteiger partial charge in [0, 0.05) is 23.3 Å². The fourth-order valence-electron chi connectivity index (χ4n) is 2.45. The second-order valence-corrected chi connectivity index (χ2v) is 8.36. The Hall–Kier alpha value is -3.25. The van der Waals surface area contributed by atoms with E-state index >= 15 is 0 Å². The number of nitrogens with zero attached hydrogens (tertiary/aromatic N) is 2. The van der Waals surface area contributed by atoms with Crippen molar-refractivity contribution < 1.29 is 17.6 Å². The summed E-state index contributed by atoms with van der Waals surface area (Å²) in [6.45, 7) is 2.92. The van der Waals surface area contributed by atoms with Crippen LogP contribution in [0.5, 0.6) is 0 Å². The number of hydrogen-bond donors (Lipinski definition) is 2. The van der Waals surface area contributed by atoms with Crippen molar-refractivity contribution in [2.75, 3.05) is 4.72 Å². The van der Waals surface area contributed by atoms with Gasteiger partial charge >= 0.3 is 0 Å². The molecule has 0 radical (unpaired) electrons. The second-order valence-electron chi connectivity index (χ2n) is 6.13. The summed E-state index contributed by atoms with van der Waals surface area (Å²) in [7, 11) is -3.77. The van der Waals surface area contributed by atoms with E-state index in [-0.39, 0.29) is 22.4 Å². The normalized spacial score (nSPS) is 11.5. The summed E-state index contributed by atoms with van der Waals surface area (Å²) < 4.78 is 41.0. The van der Waals surface area contributed by atoms with Gasteiger partial charge in [-0.05, 0) is 32.0 Å².